The van der Waals surface area contributed by atoms with E-state index in [9.17, 15) is 14.5 Å². The molecule has 0 atom stereocenters. The zero-order valence-corrected chi connectivity index (χ0v) is 6.14. The predicted octanol–water partition coefficient (Wildman–Crippen LogP) is 0.265. The van der Waals surface area contributed by atoms with Crippen molar-refractivity contribution in [3.8, 4) is 11.8 Å². The molecule has 0 unspecified atom stereocenters. The first kappa shape index (κ1) is 9.10. The third kappa shape index (κ3) is 1.60. The number of hydrogen-bond acceptors (Lipinski definition) is 6. The number of hydrogen-bond donors (Lipinski definition) is 2. The molecule has 0 aliphatic rings. The molecule has 1 aromatic rings. The molecular weight excluding hydrogens is 185 g/mol. The highest BCUT2D eigenvalue weighted by atomic mass is 19.1. The average Bonchev–Trinajstić information content (AvgIpc) is 2.02. The van der Waals surface area contributed by atoms with Gasteiger partial charge in [0.05, 0.1) is 4.92 Å². The molecule has 0 fully saturated rings. The zero-order chi connectivity index (χ0) is 10.0. The van der Waals surface area contributed by atoms with Gasteiger partial charge in [0.1, 0.15) is 6.67 Å². The van der Waals surface area contributed by atoms with Gasteiger partial charge in [0.25, 0.3) is 11.8 Å². The summed E-state index contributed by atoms with van der Waals surface area (Å²) in [5, 5.41) is 27.9. The van der Waals surface area contributed by atoms with Crippen LogP contribution in [0.15, 0.2) is 0 Å². The Morgan fingerprint density at radius 2 is 1.85 bits per heavy atom. The van der Waals surface area contributed by atoms with Crippen LogP contribution in [0.1, 0.15) is 5.82 Å². The van der Waals surface area contributed by atoms with Gasteiger partial charge in [0, 0.05) is 0 Å². The lowest BCUT2D eigenvalue weighted by atomic mass is 10.4. The normalized spacial score (nSPS) is 9.92. The van der Waals surface area contributed by atoms with Crippen LogP contribution in [0.4, 0.5) is 10.1 Å². The van der Waals surface area contributed by atoms with E-state index in [-0.39, 0.29) is 0 Å². The van der Waals surface area contributed by atoms with Gasteiger partial charge in [0.2, 0.25) is 0 Å². The first-order chi connectivity index (χ1) is 6.06. The molecule has 7 nitrogen and oxygen atoms in total. The van der Waals surface area contributed by atoms with E-state index in [4.69, 9.17) is 10.2 Å². The van der Waals surface area contributed by atoms with Crippen LogP contribution in [-0.2, 0) is 6.67 Å². The minimum Gasteiger partial charge on any atom is -0.488 e. The van der Waals surface area contributed by atoms with Crippen molar-refractivity contribution >= 4 is 5.69 Å². The Morgan fingerprint density at radius 3 is 2.15 bits per heavy atom. The van der Waals surface area contributed by atoms with Crippen LogP contribution in [0.5, 0.6) is 11.8 Å². The first-order valence-corrected chi connectivity index (χ1v) is 3.05. The summed E-state index contributed by atoms with van der Waals surface area (Å²) in [7, 11) is 0. The maximum Gasteiger partial charge on any atom is 0.391 e. The number of nitrogens with zero attached hydrogens (tertiary/aromatic N) is 3. The molecular formula is C5H4FN3O4. The number of aromatic nitrogens is 2. The van der Waals surface area contributed by atoms with Crippen molar-refractivity contribution in [2.24, 2.45) is 0 Å². The van der Waals surface area contributed by atoms with Gasteiger partial charge in [-0.15, -0.1) is 0 Å². The number of rotatable bonds is 2. The van der Waals surface area contributed by atoms with Crippen molar-refractivity contribution in [3.63, 3.8) is 0 Å². The van der Waals surface area contributed by atoms with Crippen LogP contribution in [-0.4, -0.2) is 25.1 Å². The van der Waals surface area contributed by atoms with Crippen molar-refractivity contribution in [1.82, 2.24) is 9.97 Å². The van der Waals surface area contributed by atoms with Crippen LogP contribution in [0, 0.1) is 10.1 Å². The van der Waals surface area contributed by atoms with Gasteiger partial charge >= 0.3 is 5.69 Å². The molecule has 0 radical (unpaired) electrons. The highest BCUT2D eigenvalue weighted by Gasteiger charge is 2.23. The van der Waals surface area contributed by atoms with Crippen LogP contribution < -0.4 is 0 Å². The summed E-state index contributed by atoms with van der Waals surface area (Å²) in [5.74, 6) is -2.61. The largest absolute Gasteiger partial charge is 0.488 e. The molecule has 0 spiro atoms. The van der Waals surface area contributed by atoms with E-state index in [0.29, 0.717) is 0 Å². The molecule has 0 amide bonds. The standard InChI is InChI=1S/C5H4FN3O4/c6-1-2-7-4(10)3(9(12)13)5(11)8-2/h1H2,(H2,7,8,10,11). The summed E-state index contributed by atoms with van der Waals surface area (Å²) in [6, 6.07) is 0. The van der Waals surface area contributed by atoms with Gasteiger partial charge < -0.3 is 10.2 Å². The number of nitro groups is 1. The van der Waals surface area contributed by atoms with Gasteiger partial charge in [-0.1, -0.05) is 0 Å². The summed E-state index contributed by atoms with van der Waals surface area (Å²) in [4.78, 5) is 15.2. The second-order valence-corrected chi connectivity index (χ2v) is 2.03. The fourth-order valence-electron chi connectivity index (χ4n) is 0.698. The maximum atomic E-state index is 11.9. The van der Waals surface area contributed by atoms with Crippen molar-refractivity contribution in [2.45, 2.75) is 6.67 Å². The summed E-state index contributed by atoms with van der Waals surface area (Å²) >= 11 is 0. The Kier molecular flexibility index (Phi) is 2.22. The quantitative estimate of drug-likeness (QED) is 0.510. The van der Waals surface area contributed by atoms with Crippen molar-refractivity contribution in [1.29, 1.82) is 0 Å². The Labute approximate surface area is 70.6 Å². The third-order valence-corrected chi connectivity index (χ3v) is 1.20. The fraction of sp³-hybridized carbons (Fsp3) is 0.200. The van der Waals surface area contributed by atoms with Crippen LogP contribution in [0.2, 0.25) is 0 Å². The highest BCUT2D eigenvalue weighted by Crippen LogP contribution is 2.31. The second kappa shape index (κ2) is 3.17. The van der Waals surface area contributed by atoms with E-state index in [1.165, 1.54) is 0 Å². The van der Waals surface area contributed by atoms with Gasteiger partial charge in [-0.2, -0.15) is 9.97 Å². The first-order valence-electron chi connectivity index (χ1n) is 3.05. The summed E-state index contributed by atoms with van der Waals surface area (Å²) in [5.41, 5.74) is -1.03. The van der Waals surface area contributed by atoms with Crippen LogP contribution >= 0.6 is 0 Å². The lowest BCUT2D eigenvalue weighted by Gasteiger charge is -1.98. The molecule has 0 aliphatic heterocycles. The highest BCUT2D eigenvalue weighted by molar-refractivity contribution is 5.47. The van der Waals surface area contributed by atoms with Crippen molar-refractivity contribution < 1.29 is 19.5 Å². The Bertz CT molecular complexity index is 333. The number of alkyl halides is 1. The molecule has 0 aromatic carbocycles. The molecule has 1 heterocycles. The van der Waals surface area contributed by atoms with E-state index in [1.54, 1.807) is 0 Å². The summed E-state index contributed by atoms with van der Waals surface area (Å²) < 4.78 is 11.9. The Balaban J connectivity index is 3.31. The smallest absolute Gasteiger partial charge is 0.391 e. The van der Waals surface area contributed by atoms with Crippen molar-refractivity contribution in [2.75, 3.05) is 0 Å². The third-order valence-electron chi connectivity index (χ3n) is 1.20. The average molecular weight is 189 g/mol. The molecule has 13 heavy (non-hydrogen) atoms. The SMILES string of the molecule is O=[N+]([O-])c1c(O)nc(CF)nc1O. The number of aromatic hydroxyl groups is 2. The molecule has 0 saturated carbocycles. The molecule has 8 heteroatoms. The lowest BCUT2D eigenvalue weighted by molar-refractivity contribution is -0.387. The molecule has 0 bridgehead atoms. The van der Waals surface area contributed by atoms with E-state index in [1.807, 2.05) is 0 Å². The Hall–Kier alpha value is -1.99. The van der Waals surface area contributed by atoms with E-state index in [0.717, 1.165) is 0 Å². The minimum absolute atomic E-state index is 0.513. The summed E-state index contributed by atoms with van der Waals surface area (Å²) in [6.07, 6.45) is 0. The van der Waals surface area contributed by atoms with Gasteiger partial charge in [-0.3, -0.25) is 10.1 Å². The van der Waals surface area contributed by atoms with Gasteiger partial charge in [-0.25, -0.2) is 4.39 Å². The molecule has 70 valence electrons. The number of halogens is 1. The zero-order valence-electron chi connectivity index (χ0n) is 6.14. The van der Waals surface area contributed by atoms with Crippen LogP contribution in [0.3, 0.4) is 0 Å². The second-order valence-electron chi connectivity index (χ2n) is 2.03. The molecule has 0 saturated heterocycles. The monoisotopic (exact) mass is 189 g/mol. The van der Waals surface area contributed by atoms with Gasteiger partial charge in [0.15, 0.2) is 5.82 Å². The van der Waals surface area contributed by atoms with Crippen LogP contribution in [0.25, 0.3) is 0 Å². The van der Waals surface area contributed by atoms with Gasteiger partial charge in [-0.05, 0) is 0 Å². The summed E-state index contributed by atoms with van der Waals surface area (Å²) in [6.45, 7) is -1.13. The molecule has 0 aliphatic carbocycles. The molecule has 2 N–H and O–H groups in total. The fourth-order valence-corrected chi connectivity index (χ4v) is 0.698. The maximum absolute atomic E-state index is 11.9. The lowest BCUT2D eigenvalue weighted by Crippen LogP contribution is -1.97. The van der Waals surface area contributed by atoms with E-state index in [2.05, 4.69) is 9.97 Å². The minimum atomic E-state index is -1.13. The Morgan fingerprint density at radius 1 is 1.38 bits per heavy atom. The topological polar surface area (TPSA) is 109 Å². The van der Waals surface area contributed by atoms with Crippen molar-refractivity contribution in [3.05, 3.63) is 15.9 Å². The molecule has 1 aromatic heterocycles. The molecule has 1 rings (SSSR count). The van der Waals surface area contributed by atoms with E-state index >= 15 is 0 Å². The van der Waals surface area contributed by atoms with E-state index < -0.39 is 34.9 Å². The predicted molar refractivity (Wildman–Crippen MR) is 36.8 cm³/mol.